The Morgan fingerprint density at radius 2 is 2.22 bits per heavy atom. The van der Waals surface area contributed by atoms with Gasteiger partial charge in [-0.25, -0.2) is 4.98 Å². The average molecular weight is 331 g/mol. The maximum Gasteiger partial charge on any atom is 0.255 e. The molecule has 6 nitrogen and oxygen atoms in total. The van der Waals surface area contributed by atoms with Crippen LogP contribution in [0.2, 0.25) is 5.02 Å². The normalized spacial score (nSPS) is 9.78. The number of hydrogen-bond acceptors (Lipinski definition) is 5. The fraction of sp³-hybridized carbons (Fsp3) is 0.188. The number of amides is 1. The van der Waals surface area contributed by atoms with Crippen LogP contribution in [-0.2, 0) is 0 Å². The number of ether oxygens (including phenoxy) is 1. The van der Waals surface area contributed by atoms with Crippen molar-refractivity contribution in [2.24, 2.45) is 0 Å². The van der Waals surface area contributed by atoms with Gasteiger partial charge in [0.05, 0.1) is 18.2 Å². The van der Waals surface area contributed by atoms with E-state index in [0.29, 0.717) is 40.8 Å². The number of methoxy groups -OCH3 is 1. The van der Waals surface area contributed by atoms with Crippen LogP contribution in [0, 0.1) is 11.3 Å². The SMILES string of the molecule is COc1ccc(Cl)cc1C(=O)NCCNc1ncccc1C#N. The van der Waals surface area contributed by atoms with Crippen LogP contribution < -0.4 is 15.4 Å². The molecule has 0 aliphatic carbocycles. The van der Waals surface area contributed by atoms with Crippen molar-refractivity contribution < 1.29 is 9.53 Å². The topological polar surface area (TPSA) is 87.0 Å². The van der Waals surface area contributed by atoms with Gasteiger partial charge in [0.25, 0.3) is 5.91 Å². The van der Waals surface area contributed by atoms with Gasteiger partial charge in [0.15, 0.2) is 0 Å². The summed E-state index contributed by atoms with van der Waals surface area (Å²) in [6.45, 7) is 0.788. The molecule has 2 aromatic rings. The second-order valence-corrected chi connectivity index (χ2v) is 4.98. The van der Waals surface area contributed by atoms with Gasteiger partial charge in [0.1, 0.15) is 17.6 Å². The third kappa shape index (κ3) is 4.34. The van der Waals surface area contributed by atoms with E-state index in [1.165, 1.54) is 7.11 Å². The molecule has 23 heavy (non-hydrogen) atoms. The third-order valence-electron chi connectivity index (χ3n) is 3.04. The van der Waals surface area contributed by atoms with Crippen molar-refractivity contribution in [2.45, 2.75) is 0 Å². The Balaban J connectivity index is 1.91. The predicted molar refractivity (Wildman–Crippen MR) is 87.8 cm³/mol. The van der Waals surface area contributed by atoms with Crippen molar-refractivity contribution >= 4 is 23.3 Å². The molecule has 7 heteroatoms. The average Bonchev–Trinajstić information content (AvgIpc) is 2.58. The van der Waals surface area contributed by atoms with Crippen molar-refractivity contribution in [2.75, 3.05) is 25.5 Å². The summed E-state index contributed by atoms with van der Waals surface area (Å²) in [6.07, 6.45) is 1.60. The van der Waals surface area contributed by atoms with E-state index in [0.717, 1.165) is 0 Å². The lowest BCUT2D eigenvalue weighted by atomic mass is 10.2. The van der Waals surface area contributed by atoms with Crippen molar-refractivity contribution in [3.8, 4) is 11.8 Å². The summed E-state index contributed by atoms with van der Waals surface area (Å²) >= 11 is 5.91. The van der Waals surface area contributed by atoms with Gasteiger partial charge >= 0.3 is 0 Å². The molecule has 0 saturated heterocycles. The lowest BCUT2D eigenvalue weighted by Crippen LogP contribution is -2.29. The summed E-state index contributed by atoms with van der Waals surface area (Å²) in [5.41, 5.74) is 0.825. The molecule has 0 spiro atoms. The molecule has 0 aliphatic heterocycles. The number of pyridine rings is 1. The summed E-state index contributed by atoms with van der Waals surface area (Å²) in [7, 11) is 1.49. The zero-order valence-corrected chi connectivity index (χ0v) is 13.2. The summed E-state index contributed by atoms with van der Waals surface area (Å²) in [4.78, 5) is 16.2. The fourth-order valence-electron chi connectivity index (χ4n) is 1.95. The van der Waals surface area contributed by atoms with Crippen LogP contribution in [0.25, 0.3) is 0 Å². The van der Waals surface area contributed by atoms with E-state index in [-0.39, 0.29) is 5.91 Å². The van der Waals surface area contributed by atoms with Crippen LogP contribution in [0.15, 0.2) is 36.5 Å². The minimum absolute atomic E-state index is 0.285. The van der Waals surface area contributed by atoms with E-state index in [9.17, 15) is 4.79 Å². The predicted octanol–water partition coefficient (Wildman–Crippen LogP) is 2.46. The largest absolute Gasteiger partial charge is 0.496 e. The number of anilines is 1. The van der Waals surface area contributed by atoms with Crippen molar-refractivity contribution in [3.63, 3.8) is 0 Å². The van der Waals surface area contributed by atoms with Crippen LogP contribution in [0.5, 0.6) is 5.75 Å². The van der Waals surface area contributed by atoms with Crippen LogP contribution in [0.4, 0.5) is 5.82 Å². The molecule has 0 atom stereocenters. The lowest BCUT2D eigenvalue weighted by Gasteiger charge is -2.11. The highest BCUT2D eigenvalue weighted by atomic mass is 35.5. The Hall–Kier alpha value is -2.78. The van der Waals surface area contributed by atoms with Crippen LogP contribution in [0.1, 0.15) is 15.9 Å². The Labute approximate surface area is 139 Å². The second kappa shape index (κ2) is 8.01. The number of hydrogen-bond donors (Lipinski definition) is 2. The molecule has 118 valence electrons. The van der Waals surface area contributed by atoms with Crippen molar-refractivity contribution in [1.82, 2.24) is 10.3 Å². The van der Waals surface area contributed by atoms with Gasteiger partial charge in [-0.1, -0.05) is 11.6 Å². The number of rotatable bonds is 6. The number of nitrogens with zero attached hydrogens (tertiary/aromatic N) is 2. The lowest BCUT2D eigenvalue weighted by molar-refractivity contribution is 0.0952. The summed E-state index contributed by atoms with van der Waals surface area (Å²) in [5.74, 6) is 0.661. The minimum Gasteiger partial charge on any atom is -0.496 e. The van der Waals surface area contributed by atoms with Crippen LogP contribution in [0.3, 0.4) is 0 Å². The Kier molecular flexibility index (Phi) is 5.78. The van der Waals surface area contributed by atoms with Gasteiger partial charge in [0.2, 0.25) is 0 Å². The number of benzene rings is 1. The highest BCUT2D eigenvalue weighted by molar-refractivity contribution is 6.31. The number of nitrogens with one attached hydrogen (secondary N) is 2. The molecule has 0 fully saturated rings. The molecule has 1 aromatic carbocycles. The smallest absolute Gasteiger partial charge is 0.255 e. The molecule has 0 bridgehead atoms. The molecule has 0 saturated carbocycles. The second-order valence-electron chi connectivity index (χ2n) is 4.54. The standard InChI is InChI=1S/C16H15ClN4O2/c1-23-14-5-4-12(17)9-13(14)16(22)21-8-7-20-15-11(10-18)3-2-6-19-15/h2-6,9H,7-8H2,1H3,(H,19,20)(H,21,22). The molecule has 1 aromatic heterocycles. The molecular formula is C16H15ClN4O2. The molecule has 0 radical (unpaired) electrons. The van der Waals surface area contributed by atoms with E-state index >= 15 is 0 Å². The maximum absolute atomic E-state index is 12.2. The number of aromatic nitrogens is 1. The highest BCUT2D eigenvalue weighted by Crippen LogP contribution is 2.22. The van der Waals surface area contributed by atoms with Gasteiger partial charge in [-0.15, -0.1) is 0 Å². The fourth-order valence-corrected chi connectivity index (χ4v) is 2.12. The molecule has 1 amide bonds. The van der Waals surface area contributed by atoms with Gasteiger partial charge in [-0.3, -0.25) is 4.79 Å². The zero-order chi connectivity index (χ0) is 16.7. The first-order chi connectivity index (χ1) is 11.2. The Morgan fingerprint density at radius 1 is 1.39 bits per heavy atom. The molecule has 2 rings (SSSR count). The first-order valence-corrected chi connectivity index (χ1v) is 7.24. The first kappa shape index (κ1) is 16.6. The summed E-state index contributed by atoms with van der Waals surface area (Å²) in [6, 6.07) is 10.3. The molecular weight excluding hydrogens is 316 g/mol. The Morgan fingerprint density at radius 3 is 2.96 bits per heavy atom. The Bertz CT molecular complexity index is 743. The van der Waals surface area contributed by atoms with Crippen molar-refractivity contribution in [1.29, 1.82) is 5.26 Å². The van der Waals surface area contributed by atoms with E-state index in [1.54, 1.807) is 36.5 Å². The monoisotopic (exact) mass is 330 g/mol. The van der Waals surface area contributed by atoms with E-state index in [1.807, 2.05) is 6.07 Å². The molecule has 1 heterocycles. The molecule has 0 aliphatic rings. The maximum atomic E-state index is 12.2. The summed E-state index contributed by atoms with van der Waals surface area (Å²) < 4.78 is 5.15. The van der Waals surface area contributed by atoms with Gasteiger partial charge in [-0.05, 0) is 30.3 Å². The zero-order valence-electron chi connectivity index (χ0n) is 12.5. The van der Waals surface area contributed by atoms with Gasteiger partial charge < -0.3 is 15.4 Å². The summed E-state index contributed by atoms with van der Waals surface area (Å²) in [5, 5.41) is 15.2. The van der Waals surface area contributed by atoms with Gasteiger partial charge in [-0.2, -0.15) is 5.26 Å². The van der Waals surface area contributed by atoms with E-state index < -0.39 is 0 Å². The number of carbonyl (C=O) groups excluding carboxylic acids is 1. The third-order valence-corrected chi connectivity index (χ3v) is 3.27. The van der Waals surface area contributed by atoms with Crippen LogP contribution in [-0.4, -0.2) is 31.1 Å². The number of halogens is 1. The van der Waals surface area contributed by atoms with E-state index in [2.05, 4.69) is 15.6 Å². The van der Waals surface area contributed by atoms with E-state index in [4.69, 9.17) is 21.6 Å². The quantitative estimate of drug-likeness (QED) is 0.794. The van der Waals surface area contributed by atoms with Crippen LogP contribution >= 0.6 is 11.6 Å². The van der Waals surface area contributed by atoms with Crippen molar-refractivity contribution in [3.05, 3.63) is 52.7 Å². The first-order valence-electron chi connectivity index (χ1n) is 6.86. The highest BCUT2D eigenvalue weighted by Gasteiger charge is 2.12. The number of nitriles is 1. The number of carbonyl (C=O) groups is 1. The molecule has 2 N–H and O–H groups in total. The molecule has 0 unspecified atom stereocenters. The minimum atomic E-state index is -0.285. The van der Waals surface area contributed by atoms with Gasteiger partial charge in [0, 0.05) is 24.3 Å².